The number of hydrogen-bond acceptors (Lipinski definition) is 4. The molecule has 0 aromatic carbocycles. The summed E-state index contributed by atoms with van der Waals surface area (Å²) >= 11 is 1.47. The molecule has 1 unspecified atom stereocenters. The van der Waals surface area contributed by atoms with Gasteiger partial charge in [-0.2, -0.15) is 0 Å². The lowest BCUT2D eigenvalue weighted by Gasteiger charge is -2.12. The molecule has 86 valence electrons. The maximum atomic E-state index is 11.7. The van der Waals surface area contributed by atoms with Gasteiger partial charge in [-0.25, -0.2) is 0 Å². The monoisotopic (exact) mass is 237 g/mol. The minimum atomic E-state index is -0.120. The predicted octanol–water partition coefficient (Wildman–Crippen LogP) is 1.42. The Morgan fingerprint density at radius 3 is 3.06 bits per heavy atom. The quantitative estimate of drug-likeness (QED) is 0.777. The molecule has 0 bridgehead atoms. The first-order valence-electron chi connectivity index (χ1n) is 5.33. The lowest BCUT2D eigenvalue weighted by molar-refractivity contribution is -0.120. The number of nitrogens with two attached hydrogens (primary N) is 1. The van der Waals surface area contributed by atoms with Crippen LogP contribution in [-0.2, 0) is 4.79 Å². The molecule has 0 aliphatic heterocycles. The van der Waals surface area contributed by atoms with E-state index < -0.39 is 0 Å². The van der Waals surface area contributed by atoms with Crippen molar-refractivity contribution in [1.29, 1.82) is 0 Å². The van der Waals surface area contributed by atoms with E-state index in [4.69, 9.17) is 5.73 Å². The van der Waals surface area contributed by atoms with Gasteiger partial charge in [0.05, 0.1) is 17.1 Å². The molecule has 1 aromatic heterocycles. The molecule has 0 spiro atoms. The first-order valence-corrected chi connectivity index (χ1v) is 6.21. The van der Waals surface area contributed by atoms with Gasteiger partial charge >= 0.3 is 0 Å². The van der Waals surface area contributed by atoms with E-state index in [1.165, 1.54) is 11.8 Å². The average molecular weight is 237 g/mol. The third-order valence-corrected chi connectivity index (χ3v) is 3.60. The number of nitrogens with zero attached hydrogens (tertiary/aromatic N) is 1. The smallest absolute Gasteiger partial charge is 0.233 e. The van der Waals surface area contributed by atoms with Crippen LogP contribution in [-0.4, -0.2) is 22.2 Å². The Kier molecular flexibility index (Phi) is 3.33. The molecule has 5 heteroatoms. The number of carbonyl (C=O) groups is 1. The van der Waals surface area contributed by atoms with E-state index >= 15 is 0 Å². The van der Waals surface area contributed by atoms with E-state index in [0.717, 1.165) is 17.7 Å². The van der Waals surface area contributed by atoms with E-state index in [2.05, 4.69) is 10.3 Å². The zero-order chi connectivity index (χ0) is 11.5. The molecular weight excluding hydrogens is 222 g/mol. The standard InChI is InChI=1S/C11H15N3OS/c1-7(11(15)14-8-2-3-8)16-10-4-5-13-6-9(10)12/h4-8H,2-3,12H2,1H3,(H,14,15). The van der Waals surface area contributed by atoms with Crippen LogP contribution in [0.4, 0.5) is 5.69 Å². The summed E-state index contributed by atoms with van der Waals surface area (Å²) in [5.74, 6) is 0.0868. The highest BCUT2D eigenvalue weighted by Gasteiger charge is 2.26. The van der Waals surface area contributed by atoms with Gasteiger partial charge in [-0.1, -0.05) is 0 Å². The molecule has 1 fully saturated rings. The number of rotatable bonds is 4. The van der Waals surface area contributed by atoms with Gasteiger partial charge in [0, 0.05) is 17.1 Å². The van der Waals surface area contributed by atoms with E-state index in [1.807, 2.05) is 13.0 Å². The highest BCUT2D eigenvalue weighted by molar-refractivity contribution is 8.00. The van der Waals surface area contributed by atoms with E-state index in [1.54, 1.807) is 12.4 Å². The number of nitrogen functional groups attached to an aromatic ring is 1. The maximum absolute atomic E-state index is 11.7. The number of thioether (sulfide) groups is 1. The molecule has 0 radical (unpaired) electrons. The van der Waals surface area contributed by atoms with Gasteiger partial charge in [0.2, 0.25) is 5.91 Å². The third kappa shape index (κ3) is 2.88. The van der Waals surface area contributed by atoms with Crippen molar-refractivity contribution >= 4 is 23.4 Å². The fourth-order valence-electron chi connectivity index (χ4n) is 1.29. The van der Waals surface area contributed by atoms with Crippen LogP contribution in [0.15, 0.2) is 23.4 Å². The summed E-state index contributed by atoms with van der Waals surface area (Å²) in [6.07, 6.45) is 5.51. The summed E-state index contributed by atoms with van der Waals surface area (Å²) in [6.45, 7) is 1.89. The molecule has 1 atom stereocenters. The molecule has 3 N–H and O–H groups in total. The molecule has 1 heterocycles. The van der Waals surface area contributed by atoms with Crippen LogP contribution < -0.4 is 11.1 Å². The summed E-state index contributed by atoms with van der Waals surface area (Å²) < 4.78 is 0. The van der Waals surface area contributed by atoms with Crippen molar-refractivity contribution in [3.63, 3.8) is 0 Å². The van der Waals surface area contributed by atoms with Crippen molar-refractivity contribution in [2.24, 2.45) is 0 Å². The lowest BCUT2D eigenvalue weighted by Crippen LogP contribution is -2.32. The molecule has 1 aromatic rings. The van der Waals surface area contributed by atoms with Crippen molar-refractivity contribution < 1.29 is 4.79 Å². The fourth-order valence-corrected chi connectivity index (χ4v) is 2.18. The minimum Gasteiger partial charge on any atom is -0.397 e. The number of pyridine rings is 1. The molecule has 4 nitrogen and oxygen atoms in total. The van der Waals surface area contributed by atoms with Crippen LogP contribution in [0.1, 0.15) is 19.8 Å². The largest absolute Gasteiger partial charge is 0.397 e. The second kappa shape index (κ2) is 4.74. The van der Waals surface area contributed by atoms with Gasteiger partial charge in [0.15, 0.2) is 0 Å². The summed E-state index contributed by atoms with van der Waals surface area (Å²) in [6, 6.07) is 2.24. The van der Waals surface area contributed by atoms with Crippen molar-refractivity contribution in [3.8, 4) is 0 Å². The van der Waals surface area contributed by atoms with Gasteiger partial charge in [0.1, 0.15) is 0 Å². The van der Waals surface area contributed by atoms with Gasteiger partial charge in [-0.05, 0) is 25.8 Å². The molecule has 2 rings (SSSR count). The Labute approximate surface area is 99.0 Å². The van der Waals surface area contributed by atoms with Crippen molar-refractivity contribution in [2.45, 2.75) is 36.0 Å². The summed E-state index contributed by atoms with van der Waals surface area (Å²) in [5.41, 5.74) is 6.39. The van der Waals surface area contributed by atoms with Gasteiger partial charge in [-0.3, -0.25) is 9.78 Å². The summed E-state index contributed by atoms with van der Waals surface area (Å²) in [5, 5.41) is 2.86. The Bertz CT molecular complexity index is 393. The van der Waals surface area contributed by atoms with E-state index in [9.17, 15) is 4.79 Å². The molecule has 1 aliphatic rings. The van der Waals surface area contributed by atoms with Crippen molar-refractivity contribution in [1.82, 2.24) is 10.3 Å². The minimum absolute atomic E-state index is 0.0868. The van der Waals surface area contributed by atoms with Gasteiger partial charge in [-0.15, -0.1) is 11.8 Å². The van der Waals surface area contributed by atoms with Crippen LogP contribution >= 0.6 is 11.8 Å². The van der Waals surface area contributed by atoms with Crippen molar-refractivity contribution in [2.75, 3.05) is 5.73 Å². The second-order valence-electron chi connectivity index (χ2n) is 3.96. The zero-order valence-electron chi connectivity index (χ0n) is 9.14. The molecule has 1 aliphatic carbocycles. The molecule has 1 amide bonds. The summed E-state index contributed by atoms with van der Waals surface area (Å²) in [7, 11) is 0. The highest BCUT2D eigenvalue weighted by atomic mass is 32.2. The van der Waals surface area contributed by atoms with Crippen LogP contribution in [0.25, 0.3) is 0 Å². The Hall–Kier alpha value is -1.23. The Balaban J connectivity index is 1.92. The maximum Gasteiger partial charge on any atom is 0.233 e. The SMILES string of the molecule is CC(Sc1ccncc1N)C(=O)NC1CC1. The molecular formula is C11H15N3OS. The number of anilines is 1. The summed E-state index contributed by atoms with van der Waals surface area (Å²) in [4.78, 5) is 16.5. The third-order valence-electron chi connectivity index (χ3n) is 2.41. The van der Waals surface area contributed by atoms with Crippen molar-refractivity contribution in [3.05, 3.63) is 18.5 Å². The highest BCUT2D eigenvalue weighted by Crippen LogP contribution is 2.28. The first kappa shape index (κ1) is 11.3. The van der Waals surface area contributed by atoms with Crippen LogP contribution in [0.2, 0.25) is 0 Å². The predicted molar refractivity (Wildman–Crippen MR) is 65.1 cm³/mol. The first-order chi connectivity index (χ1) is 7.66. The molecule has 1 saturated carbocycles. The van der Waals surface area contributed by atoms with Crippen LogP contribution in [0, 0.1) is 0 Å². The number of amides is 1. The van der Waals surface area contributed by atoms with Gasteiger partial charge < -0.3 is 11.1 Å². The number of hydrogen-bond donors (Lipinski definition) is 2. The molecule has 16 heavy (non-hydrogen) atoms. The number of nitrogens with one attached hydrogen (secondary N) is 1. The average Bonchev–Trinajstić information content (AvgIpc) is 3.05. The molecule has 0 saturated heterocycles. The fraction of sp³-hybridized carbons (Fsp3) is 0.455. The second-order valence-corrected chi connectivity index (χ2v) is 5.34. The number of carbonyl (C=O) groups excluding carboxylic acids is 1. The van der Waals surface area contributed by atoms with E-state index in [-0.39, 0.29) is 11.2 Å². The number of aromatic nitrogens is 1. The van der Waals surface area contributed by atoms with Crippen LogP contribution in [0.3, 0.4) is 0 Å². The lowest BCUT2D eigenvalue weighted by atomic mass is 10.4. The normalized spacial score (nSPS) is 16.8. The zero-order valence-corrected chi connectivity index (χ0v) is 9.96. The van der Waals surface area contributed by atoms with E-state index in [0.29, 0.717) is 11.7 Å². The topological polar surface area (TPSA) is 68.0 Å². The van der Waals surface area contributed by atoms with Crippen LogP contribution in [0.5, 0.6) is 0 Å². The van der Waals surface area contributed by atoms with Gasteiger partial charge in [0.25, 0.3) is 0 Å². The Morgan fingerprint density at radius 1 is 1.69 bits per heavy atom. The Morgan fingerprint density at radius 2 is 2.44 bits per heavy atom.